The van der Waals surface area contributed by atoms with Crippen LogP contribution >= 0.6 is 0 Å². The lowest BCUT2D eigenvalue weighted by atomic mass is 9.96. The van der Waals surface area contributed by atoms with Crippen LogP contribution < -0.4 is 5.32 Å². The normalized spacial score (nSPS) is 40.4. The summed E-state index contributed by atoms with van der Waals surface area (Å²) in [4.78, 5) is 13.7. The summed E-state index contributed by atoms with van der Waals surface area (Å²) < 4.78 is 34.6. The van der Waals surface area contributed by atoms with E-state index in [-0.39, 0.29) is 19.1 Å². The van der Waals surface area contributed by atoms with Crippen LogP contribution in [-0.4, -0.2) is 176 Å². The molecule has 49 heavy (non-hydrogen) atoms. The van der Waals surface area contributed by atoms with Gasteiger partial charge in [0.2, 0.25) is 5.91 Å². The highest BCUT2D eigenvalue weighted by atomic mass is 16.8. The number of ether oxygens (including phenoxy) is 6. The van der Waals surface area contributed by atoms with E-state index in [9.17, 15) is 50.8 Å². The maximum Gasteiger partial charge on any atom is 0.218 e. The van der Waals surface area contributed by atoms with Crippen LogP contribution in [0.5, 0.6) is 0 Å². The summed E-state index contributed by atoms with van der Waals surface area (Å²) in [5.74, 6) is -0.480. The molecule has 0 saturated carbocycles. The molecule has 0 aromatic rings. The Hall–Kier alpha value is -1.66. The Morgan fingerprint density at radius 2 is 1.35 bits per heavy atom. The van der Waals surface area contributed by atoms with Gasteiger partial charge in [-0.1, -0.05) is 19.3 Å². The van der Waals surface area contributed by atoms with Crippen LogP contribution in [0.2, 0.25) is 0 Å². The third-order valence-electron chi connectivity index (χ3n) is 8.85. The molecule has 284 valence electrons. The van der Waals surface area contributed by atoms with Crippen LogP contribution in [0.3, 0.4) is 0 Å². The van der Waals surface area contributed by atoms with E-state index in [1.165, 1.54) is 6.92 Å². The fourth-order valence-electron chi connectivity index (χ4n) is 5.85. The second-order valence-electron chi connectivity index (χ2n) is 12.6. The van der Waals surface area contributed by atoms with E-state index in [1.807, 2.05) is 6.92 Å². The van der Waals surface area contributed by atoms with Crippen molar-refractivity contribution < 1.29 is 79.2 Å². The molecule has 3 aliphatic heterocycles. The number of aliphatic hydroxyl groups is 9. The molecule has 0 radical (unpaired) electrons. The quantitative estimate of drug-likeness (QED) is 0.0287. The number of carbonyl (C=O) groups is 1. The van der Waals surface area contributed by atoms with E-state index in [2.05, 4.69) is 15.3 Å². The van der Waals surface area contributed by atoms with E-state index in [0.717, 1.165) is 25.7 Å². The van der Waals surface area contributed by atoms with Gasteiger partial charge in [-0.05, 0) is 37.3 Å². The van der Waals surface area contributed by atoms with Crippen LogP contribution in [-0.2, 0) is 33.2 Å². The number of hydrogen-bond acceptors (Lipinski definition) is 17. The lowest BCUT2D eigenvalue weighted by Crippen LogP contribution is -2.67. The van der Waals surface area contributed by atoms with Gasteiger partial charge >= 0.3 is 0 Å². The molecule has 3 heterocycles. The van der Waals surface area contributed by atoms with E-state index >= 15 is 0 Å². The molecule has 0 aliphatic carbocycles. The maximum absolute atomic E-state index is 11.3. The Balaban J connectivity index is 1.67. The number of unbranched alkanes of at least 4 members (excludes halogenated alkanes) is 3. The van der Waals surface area contributed by atoms with E-state index < -0.39 is 111 Å². The van der Waals surface area contributed by atoms with Gasteiger partial charge in [-0.3, -0.25) is 4.79 Å². The zero-order chi connectivity index (χ0) is 36.2. The Labute approximate surface area is 283 Å². The average molecular weight is 713 g/mol. The first-order valence-electron chi connectivity index (χ1n) is 16.5. The number of hydrogen-bond donors (Lipinski definition) is 10. The van der Waals surface area contributed by atoms with Crippen LogP contribution in [0.25, 0.3) is 10.4 Å². The molecular weight excluding hydrogens is 660 g/mol. The van der Waals surface area contributed by atoms with Crippen LogP contribution in [0.1, 0.15) is 52.4 Å². The molecule has 0 aromatic heterocycles. The van der Waals surface area contributed by atoms with Gasteiger partial charge < -0.3 is 79.7 Å². The lowest BCUT2D eigenvalue weighted by molar-refractivity contribution is -0.390. The number of azide groups is 1. The molecule has 1 amide bonds. The Morgan fingerprint density at radius 1 is 0.776 bits per heavy atom. The van der Waals surface area contributed by atoms with Crippen molar-refractivity contribution in [3.8, 4) is 0 Å². The number of nitrogens with zero attached hydrogens (tertiary/aromatic N) is 3. The van der Waals surface area contributed by atoms with Gasteiger partial charge in [0.1, 0.15) is 67.1 Å². The Kier molecular flexibility index (Phi) is 17.4. The third-order valence-corrected chi connectivity index (χ3v) is 8.85. The Bertz CT molecular complexity index is 1040. The van der Waals surface area contributed by atoms with E-state index in [4.69, 9.17) is 34.0 Å². The number of rotatable bonds is 18. The third kappa shape index (κ3) is 11.4. The number of nitrogens with one attached hydrogen (secondary N) is 1. The molecule has 1 unspecified atom stereocenters. The SMILES string of the molecule is CC(CCCCCCC(=O)N=[N+]=[N-])NCCO[C@@H]1O[C@H](CO)[C@H](O)[C@H](O[C@H]2O[C@H](CO)[C@H](O)[C@H](O)[C@H]2O)[C@H]1O[C@@H]1O[C@@H](C)[C@@H](O)[C@@H](O)[C@@H]1O. The monoisotopic (exact) mass is 712 g/mol. The second-order valence-corrected chi connectivity index (χ2v) is 12.6. The zero-order valence-electron chi connectivity index (χ0n) is 27.5. The summed E-state index contributed by atoms with van der Waals surface area (Å²) in [7, 11) is 0. The molecule has 10 N–H and O–H groups in total. The van der Waals surface area contributed by atoms with Crippen LogP contribution in [0.4, 0.5) is 0 Å². The van der Waals surface area contributed by atoms with Crippen LogP contribution in [0.15, 0.2) is 5.11 Å². The van der Waals surface area contributed by atoms with E-state index in [0.29, 0.717) is 13.0 Å². The fourth-order valence-corrected chi connectivity index (χ4v) is 5.85. The summed E-state index contributed by atoms with van der Waals surface area (Å²) in [6, 6.07) is 0.0715. The van der Waals surface area contributed by atoms with Crippen molar-refractivity contribution in [2.24, 2.45) is 5.11 Å². The summed E-state index contributed by atoms with van der Waals surface area (Å²) in [5.41, 5.74) is 8.28. The predicted octanol–water partition coefficient (Wildman–Crippen LogP) is -3.37. The first-order chi connectivity index (χ1) is 23.3. The average Bonchev–Trinajstić information content (AvgIpc) is 3.08. The highest BCUT2D eigenvalue weighted by molar-refractivity contribution is 5.76. The van der Waals surface area contributed by atoms with Crippen molar-refractivity contribution in [3.05, 3.63) is 10.4 Å². The topological polar surface area (TPSA) is 315 Å². The minimum atomic E-state index is -1.86. The van der Waals surface area contributed by atoms with Crippen molar-refractivity contribution in [2.75, 3.05) is 26.4 Å². The predicted molar refractivity (Wildman–Crippen MR) is 163 cm³/mol. The summed E-state index contributed by atoms with van der Waals surface area (Å²) >= 11 is 0. The number of carbonyl (C=O) groups excluding carboxylic acids is 1. The molecule has 0 bridgehead atoms. The molecule has 3 aliphatic rings. The highest BCUT2D eigenvalue weighted by Crippen LogP contribution is 2.33. The van der Waals surface area contributed by atoms with Gasteiger partial charge in [0.05, 0.1) is 25.9 Å². The van der Waals surface area contributed by atoms with Crippen molar-refractivity contribution in [1.29, 1.82) is 0 Å². The lowest BCUT2D eigenvalue weighted by Gasteiger charge is -2.48. The second kappa shape index (κ2) is 20.4. The molecule has 3 rings (SSSR count). The smallest absolute Gasteiger partial charge is 0.218 e. The first-order valence-corrected chi connectivity index (χ1v) is 16.5. The summed E-state index contributed by atoms with van der Waals surface area (Å²) in [6.45, 7) is 2.24. The minimum absolute atomic E-state index is 0.00319. The van der Waals surface area contributed by atoms with Gasteiger partial charge in [-0.25, -0.2) is 0 Å². The molecule has 20 nitrogen and oxygen atoms in total. The van der Waals surface area contributed by atoms with Crippen LogP contribution in [0, 0.1) is 0 Å². The Morgan fingerprint density at radius 3 is 2.00 bits per heavy atom. The molecule has 0 spiro atoms. The molecule has 0 aromatic carbocycles. The minimum Gasteiger partial charge on any atom is -0.394 e. The van der Waals surface area contributed by atoms with Crippen molar-refractivity contribution >= 4 is 5.91 Å². The molecular formula is C29H52N4O16. The molecule has 3 saturated heterocycles. The summed E-state index contributed by atoms with van der Waals surface area (Å²) in [5, 5.41) is 99.3. The van der Waals surface area contributed by atoms with Gasteiger partial charge in [-0.15, -0.1) is 0 Å². The molecule has 20 heteroatoms. The number of amides is 1. The molecule has 16 atom stereocenters. The highest BCUT2D eigenvalue weighted by Gasteiger charge is 2.54. The van der Waals surface area contributed by atoms with Gasteiger partial charge in [-0.2, -0.15) is 0 Å². The zero-order valence-corrected chi connectivity index (χ0v) is 27.5. The summed E-state index contributed by atoms with van der Waals surface area (Å²) in [6.07, 6.45) is -19.3. The number of aliphatic hydroxyl groups excluding tert-OH is 9. The van der Waals surface area contributed by atoms with Gasteiger partial charge in [0, 0.05) is 23.9 Å². The van der Waals surface area contributed by atoms with Crippen molar-refractivity contribution in [2.45, 2.75) is 151 Å². The fraction of sp³-hybridized carbons (Fsp3) is 0.966. The van der Waals surface area contributed by atoms with Crippen molar-refractivity contribution in [3.63, 3.8) is 0 Å². The van der Waals surface area contributed by atoms with Crippen molar-refractivity contribution in [1.82, 2.24) is 5.32 Å². The maximum atomic E-state index is 11.3. The first kappa shape index (κ1) is 41.8. The standard InChI is InChI=1S/C29H52N4O16/c1-13(7-5-3-4-6-8-17(36)32-33-30)31-9-10-44-29-26(49-27-23(42)21(40)18(37)14(2)45-27)25(20(39)16(12-35)47-29)48-28-24(43)22(41)19(38)15(11-34)46-28/h13-16,18-29,31,34-35,37-43H,3-12H2,1-2H3/t13?,14-,15+,16+,18+,19-,20-,21+,22-,23-,24+,25-,26+,27-,28+,29+/m0/s1. The van der Waals surface area contributed by atoms with Gasteiger partial charge in [0.15, 0.2) is 18.9 Å². The molecule has 3 fully saturated rings. The largest absolute Gasteiger partial charge is 0.394 e. The van der Waals surface area contributed by atoms with Gasteiger partial charge in [0.25, 0.3) is 0 Å². The van der Waals surface area contributed by atoms with E-state index in [1.54, 1.807) is 0 Å².